The van der Waals surface area contributed by atoms with E-state index in [4.69, 9.17) is 4.74 Å². The van der Waals surface area contributed by atoms with E-state index in [9.17, 15) is 14.1 Å². The zero-order chi connectivity index (χ0) is 20.1. The Hall–Kier alpha value is -3.48. The molecule has 1 aliphatic heterocycles. The van der Waals surface area contributed by atoms with Crippen molar-refractivity contribution in [2.45, 2.75) is 13.3 Å². The second kappa shape index (κ2) is 8.47. The molecule has 2 N–H and O–H groups in total. The summed E-state index contributed by atoms with van der Waals surface area (Å²) in [7, 11) is 1.58. The SMILES string of the molecule is CCc1cc(-c2cccc(OC)c2)cc(F)c1NC1=C(C(=O)N=O)C=CCN1. The lowest BCUT2D eigenvalue weighted by atomic mass is 9.99. The zero-order valence-electron chi connectivity index (χ0n) is 15.6. The minimum absolute atomic E-state index is 0.0691. The highest BCUT2D eigenvalue weighted by molar-refractivity contribution is 5.98. The predicted molar refractivity (Wildman–Crippen MR) is 106 cm³/mol. The molecule has 7 heteroatoms. The number of anilines is 1. The number of nitrogens with zero attached hydrogens (tertiary/aromatic N) is 1. The highest BCUT2D eigenvalue weighted by Gasteiger charge is 2.19. The first-order valence-electron chi connectivity index (χ1n) is 8.83. The molecule has 2 aromatic carbocycles. The average Bonchev–Trinajstić information content (AvgIpc) is 2.74. The Bertz CT molecular complexity index is 983. The maximum absolute atomic E-state index is 15.0. The molecule has 0 unspecified atom stereocenters. The van der Waals surface area contributed by atoms with E-state index in [2.05, 4.69) is 15.8 Å². The van der Waals surface area contributed by atoms with E-state index in [0.717, 1.165) is 16.7 Å². The van der Waals surface area contributed by atoms with Crippen molar-refractivity contribution in [2.75, 3.05) is 19.0 Å². The van der Waals surface area contributed by atoms with Crippen LogP contribution in [0.4, 0.5) is 10.1 Å². The van der Waals surface area contributed by atoms with Gasteiger partial charge in [0, 0.05) is 11.7 Å². The Morgan fingerprint density at radius 2 is 2.11 bits per heavy atom. The quantitative estimate of drug-likeness (QED) is 0.735. The van der Waals surface area contributed by atoms with E-state index in [-0.39, 0.29) is 17.1 Å². The summed E-state index contributed by atoms with van der Waals surface area (Å²) in [5, 5.41) is 8.34. The molecule has 0 radical (unpaired) electrons. The standard InChI is InChI=1S/C21H20FN3O3/c1-3-13-10-15(14-6-4-7-16(11-14)28-2)12-18(22)19(13)24-20-17(21(26)25-27)8-5-9-23-20/h4-8,10-12,23-24H,3,9H2,1-2H3. The largest absolute Gasteiger partial charge is 0.497 e. The van der Waals surface area contributed by atoms with Gasteiger partial charge in [-0.3, -0.25) is 4.79 Å². The van der Waals surface area contributed by atoms with Crippen LogP contribution in [-0.2, 0) is 11.2 Å². The van der Waals surface area contributed by atoms with Crippen LogP contribution in [0.2, 0.25) is 0 Å². The maximum atomic E-state index is 15.0. The number of benzene rings is 2. The lowest BCUT2D eigenvalue weighted by Crippen LogP contribution is -2.27. The number of hydrogen-bond donors (Lipinski definition) is 2. The van der Waals surface area contributed by atoms with Gasteiger partial charge in [0.15, 0.2) is 0 Å². The highest BCUT2D eigenvalue weighted by Crippen LogP contribution is 2.31. The van der Waals surface area contributed by atoms with Gasteiger partial charge in [-0.05, 0) is 53.5 Å². The number of dihydropyridines is 1. The van der Waals surface area contributed by atoms with Crippen LogP contribution < -0.4 is 15.4 Å². The van der Waals surface area contributed by atoms with Gasteiger partial charge in [-0.2, -0.15) is 0 Å². The third-order valence-corrected chi connectivity index (χ3v) is 4.47. The van der Waals surface area contributed by atoms with E-state index in [1.54, 1.807) is 13.2 Å². The number of halogens is 1. The highest BCUT2D eigenvalue weighted by atomic mass is 19.1. The number of methoxy groups -OCH3 is 1. The van der Waals surface area contributed by atoms with Gasteiger partial charge < -0.3 is 15.4 Å². The summed E-state index contributed by atoms with van der Waals surface area (Å²) in [6, 6.07) is 10.7. The van der Waals surface area contributed by atoms with Crippen LogP contribution in [0.15, 0.2) is 65.1 Å². The molecule has 1 amide bonds. The molecular weight excluding hydrogens is 361 g/mol. The van der Waals surface area contributed by atoms with Crippen molar-refractivity contribution in [3.05, 3.63) is 76.2 Å². The van der Waals surface area contributed by atoms with Crippen molar-refractivity contribution in [3.8, 4) is 16.9 Å². The Morgan fingerprint density at radius 1 is 1.29 bits per heavy atom. The third-order valence-electron chi connectivity index (χ3n) is 4.47. The molecule has 144 valence electrons. The van der Waals surface area contributed by atoms with Gasteiger partial charge in [0.1, 0.15) is 17.4 Å². The van der Waals surface area contributed by atoms with Crippen LogP contribution >= 0.6 is 0 Å². The third kappa shape index (κ3) is 3.93. The first-order valence-corrected chi connectivity index (χ1v) is 8.83. The lowest BCUT2D eigenvalue weighted by molar-refractivity contribution is -0.114. The molecule has 0 atom stereocenters. The van der Waals surface area contributed by atoms with E-state index >= 15 is 0 Å². The fourth-order valence-corrected chi connectivity index (χ4v) is 3.03. The second-order valence-corrected chi connectivity index (χ2v) is 6.17. The summed E-state index contributed by atoms with van der Waals surface area (Å²) in [5.41, 5.74) is 2.60. The topological polar surface area (TPSA) is 79.8 Å². The summed E-state index contributed by atoms with van der Waals surface area (Å²) in [5.74, 6) is -0.440. The number of ether oxygens (including phenoxy) is 1. The lowest BCUT2D eigenvalue weighted by Gasteiger charge is -2.20. The van der Waals surface area contributed by atoms with Gasteiger partial charge in [0.05, 0.1) is 18.4 Å². The minimum atomic E-state index is -0.919. The fraction of sp³-hybridized carbons (Fsp3) is 0.190. The van der Waals surface area contributed by atoms with Crippen molar-refractivity contribution in [1.29, 1.82) is 0 Å². The van der Waals surface area contributed by atoms with Crippen molar-refractivity contribution in [3.63, 3.8) is 0 Å². The number of hydrogen-bond acceptors (Lipinski definition) is 5. The van der Waals surface area contributed by atoms with Crippen LogP contribution in [0.3, 0.4) is 0 Å². The molecule has 2 aromatic rings. The summed E-state index contributed by atoms with van der Waals surface area (Å²) in [6.07, 6.45) is 3.75. The molecule has 0 fully saturated rings. The van der Waals surface area contributed by atoms with Crippen molar-refractivity contribution < 1.29 is 13.9 Å². The Morgan fingerprint density at radius 3 is 2.82 bits per heavy atom. The Labute approximate surface area is 162 Å². The predicted octanol–water partition coefficient (Wildman–Crippen LogP) is 4.14. The zero-order valence-corrected chi connectivity index (χ0v) is 15.6. The van der Waals surface area contributed by atoms with Crippen LogP contribution in [-0.4, -0.2) is 19.6 Å². The van der Waals surface area contributed by atoms with E-state index in [0.29, 0.717) is 18.7 Å². The number of carbonyl (C=O) groups excluding carboxylic acids is 1. The van der Waals surface area contributed by atoms with Crippen LogP contribution in [0.1, 0.15) is 12.5 Å². The van der Waals surface area contributed by atoms with Crippen molar-refractivity contribution >= 4 is 11.6 Å². The molecule has 0 bridgehead atoms. The number of carbonyl (C=O) groups is 1. The van der Waals surface area contributed by atoms with Gasteiger partial charge in [0.2, 0.25) is 0 Å². The summed E-state index contributed by atoms with van der Waals surface area (Å²) in [4.78, 5) is 22.4. The van der Waals surface area contributed by atoms with Gasteiger partial charge in [0.25, 0.3) is 0 Å². The number of rotatable bonds is 6. The van der Waals surface area contributed by atoms with Crippen LogP contribution in [0.25, 0.3) is 11.1 Å². The average molecular weight is 381 g/mol. The first kappa shape index (κ1) is 19.3. The molecular formula is C21H20FN3O3. The summed E-state index contributed by atoms with van der Waals surface area (Å²) < 4.78 is 20.2. The van der Waals surface area contributed by atoms with E-state index in [1.807, 2.05) is 37.3 Å². The van der Waals surface area contributed by atoms with E-state index < -0.39 is 11.7 Å². The number of nitroso groups, excluding NO2 is 1. The Balaban J connectivity index is 2.03. The maximum Gasteiger partial charge on any atom is 0.320 e. The van der Waals surface area contributed by atoms with Gasteiger partial charge in [-0.25, -0.2) is 4.39 Å². The molecule has 28 heavy (non-hydrogen) atoms. The van der Waals surface area contributed by atoms with Crippen LogP contribution in [0.5, 0.6) is 5.75 Å². The molecule has 0 aliphatic carbocycles. The Kier molecular flexibility index (Phi) is 5.84. The molecule has 1 heterocycles. The van der Waals surface area contributed by atoms with Gasteiger partial charge >= 0.3 is 5.91 Å². The number of nitrogens with one attached hydrogen (secondary N) is 2. The van der Waals surface area contributed by atoms with Gasteiger partial charge in [-0.1, -0.05) is 25.1 Å². The summed E-state index contributed by atoms with van der Waals surface area (Å²) in [6.45, 7) is 2.36. The molecule has 0 saturated carbocycles. The molecule has 6 nitrogen and oxygen atoms in total. The first-order chi connectivity index (χ1) is 13.6. The number of aryl methyl sites for hydroxylation is 1. The van der Waals surface area contributed by atoms with Crippen molar-refractivity contribution in [1.82, 2.24) is 5.32 Å². The molecule has 3 rings (SSSR count). The van der Waals surface area contributed by atoms with Crippen molar-refractivity contribution in [2.24, 2.45) is 5.18 Å². The monoisotopic (exact) mass is 381 g/mol. The molecule has 0 spiro atoms. The molecule has 0 aromatic heterocycles. The fourth-order valence-electron chi connectivity index (χ4n) is 3.03. The molecule has 0 saturated heterocycles. The van der Waals surface area contributed by atoms with E-state index in [1.165, 1.54) is 12.1 Å². The summed E-state index contributed by atoms with van der Waals surface area (Å²) >= 11 is 0. The van der Waals surface area contributed by atoms with Crippen LogP contribution in [0, 0.1) is 10.7 Å². The normalized spacial score (nSPS) is 13.1. The smallest absolute Gasteiger partial charge is 0.320 e. The molecule has 1 aliphatic rings. The van der Waals surface area contributed by atoms with Gasteiger partial charge in [-0.15, -0.1) is 4.91 Å². The number of amides is 1. The minimum Gasteiger partial charge on any atom is -0.497 e. The second-order valence-electron chi connectivity index (χ2n) is 6.17.